The Hall–Kier alpha value is -2.49. The standard InChI is InChI=1S/C19H22O4/c1-14(2)12-23-19(20)16-9-10-17(18(11-16)21-3)22-13-15-7-5-4-6-8-15/h4-11,14H,12-13H2,1-3H3. The smallest absolute Gasteiger partial charge is 0.338 e. The molecule has 0 saturated carbocycles. The van der Waals surface area contributed by atoms with Gasteiger partial charge in [0.1, 0.15) is 6.61 Å². The lowest BCUT2D eigenvalue weighted by Gasteiger charge is -2.12. The monoisotopic (exact) mass is 314 g/mol. The lowest BCUT2D eigenvalue weighted by molar-refractivity contribution is 0.0458. The van der Waals surface area contributed by atoms with E-state index in [9.17, 15) is 4.79 Å². The van der Waals surface area contributed by atoms with Gasteiger partial charge in [-0.3, -0.25) is 0 Å². The SMILES string of the molecule is COc1cc(C(=O)OCC(C)C)ccc1OCc1ccccc1. The van der Waals surface area contributed by atoms with Gasteiger partial charge in [-0.05, 0) is 29.7 Å². The normalized spacial score (nSPS) is 10.4. The van der Waals surface area contributed by atoms with E-state index in [-0.39, 0.29) is 5.97 Å². The van der Waals surface area contributed by atoms with E-state index in [1.54, 1.807) is 25.3 Å². The summed E-state index contributed by atoms with van der Waals surface area (Å²) in [6, 6.07) is 14.9. The maximum Gasteiger partial charge on any atom is 0.338 e. The van der Waals surface area contributed by atoms with E-state index >= 15 is 0 Å². The van der Waals surface area contributed by atoms with Crippen LogP contribution >= 0.6 is 0 Å². The van der Waals surface area contributed by atoms with Crippen LogP contribution in [0.3, 0.4) is 0 Å². The van der Waals surface area contributed by atoms with Crippen LogP contribution in [-0.4, -0.2) is 19.7 Å². The molecule has 0 aromatic heterocycles. The highest BCUT2D eigenvalue weighted by molar-refractivity contribution is 5.90. The van der Waals surface area contributed by atoms with Crippen LogP contribution in [-0.2, 0) is 11.3 Å². The van der Waals surface area contributed by atoms with Crippen LogP contribution in [0.5, 0.6) is 11.5 Å². The van der Waals surface area contributed by atoms with Crippen LogP contribution in [0, 0.1) is 5.92 Å². The first-order valence-electron chi connectivity index (χ1n) is 7.62. The molecule has 4 nitrogen and oxygen atoms in total. The molecule has 0 fully saturated rings. The van der Waals surface area contributed by atoms with Gasteiger partial charge in [-0.1, -0.05) is 44.2 Å². The molecule has 2 aromatic carbocycles. The van der Waals surface area contributed by atoms with E-state index in [4.69, 9.17) is 14.2 Å². The number of esters is 1. The van der Waals surface area contributed by atoms with Crippen LogP contribution in [0.4, 0.5) is 0 Å². The fourth-order valence-electron chi connectivity index (χ4n) is 1.97. The van der Waals surface area contributed by atoms with Gasteiger partial charge in [-0.25, -0.2) is 4.79 Å². The minimum absolute atomic E-state index is 0.300. The third-order valence-corrected chi connectivity index (χ3v) is 3.18. The van der Waals surface area contributed by atoms with E-state index in [0.717, 1.165) is 5.56 Å². The van der Waals surface area contributed by atoms with Crippen molar-refractivity contribution in [1.29, 1.82) is 0 Å². The number of carbonyl (C=O) groups excluding carboxylic acids is 1. The van der Waals surface area contributed by atoms with E-state index in [2.05, 4.69) is 0 Å². The molecule has 0 radical (unpaired) electrons. The lowest BCUT2D eigenvalue weighted by atomic mass is 10.2. The van der Waals surface area contributed by atoms with Crippen molar-refractivity contribution >= 4 is 5.97 Å². The first-order chi connectivity index (χ1) is 11.1. The van der Waals surface area contributed by atoms with Crippen molar-refractivity contribution in [3.63, 3.8) is 0 Å². The Morgan fingerprint density at radius 2 is 1.78 bits per heavy atom. The van der Waals surface area contributed by atoms with E-state index < -0.39 is 0 Å². The van der Waals surface area contributed by atoms with Crippen LogP contribution in [0.2, 0.25) is 0 Å². The Labute approximate surface area is 137 Å². The maximum atomic E-state index is 12.0. The number of benzene rings is 2. The molecule has 4 heteroatoms. The van der Waals surface area contributed by atoms with Crippen molar-refractivity contribution in [1.82, 2.24) is 0 Å². The number of carbonyl (C=O) groups is 1. The van der Waals surface area contributed by atoms with Gasteiger partial charge >= 0.3 is 5.97 Å². The quantitative estimate of drug-likeness (QED) is 0.722. The van der Waals surface area contributed by atoms with Gasteiger partial charge in [0.15, 0.2) is 11.5 Å². The summed E-state index contributed by atoms with van der Waals surface area (Å²) in [7, 11) is 1.55. The largest absolute Gasteiger partial charge is 0.493 e. The molecule has 0 saturated heterocycles. The van der Waals surface area contributed by atoms with Gasteiger partial charge in [-0.15, -0.1) is 0 Å². The van der Waals surface area contributed by atoms with Crippen LogP contribution in [0.25, 0.3) is 0 Å². The number of rotatable bonds is 7. The van der Waals surface area contributed by atoms with Gasteiger partial charge in [0.25, 0.3) is 0 Å². The minimum atomic E-state index is -0.355. The number of ether oxygens (including phenoxy) is 3. The highest BCUT2D eigenvalue weighted by Gasteiger charge is 2.13. The predicted octanol–water partition coefficient (Wildman–Crippen LogP) is 4.09. The summed E-state index contributed by atoms with van der Waals surface area (Å²) in [5.41, 5.74) is 1.52. The third kappa shape index (κ3) is 5.02. The lowest BCUT2D eigenvalue weighted by Crippen LogP contribution is -2.10. The molecule has 0 aliphatic rings. The zero-order valence-corrected chi connectivity index (χ0v) is 13.7. The molecule has 2 rings (SSSR count). The van der Waals surface area contributed by atoms with Crippen LogP contribution < -0.4 is 9.47 Å². The van der Waals surface area contributed by atoms with E-state index in [1.807, 2.05) is 44.2 Å². The molecule has 0 N–H and O–H groups in total. The van der Waals surface area contributed by atoms with Gasteiger partial charge in [0.2, 0.25) is 0 Å². The second-order valence-electron chi connectivity index (χ2n) is 5.63. The second-order valence-corrected chi connectivity index (χ2v) is 5.63. The second kappa shape index (κ2) is 8.22. The number of methoxy groups -OCH3 is 1. The summed E-state index contributed by atoms with van der Waals surface area (Å²) in [4.78, 5) is 12.0. The Morgan fingerprint density at radius 1 is 1.04 bits per heavy atom. The molecule has 0 bridgehead atoms. The average Bonchev–Trinajstić information content (AvgIpc) is 2.58. The fourth-order valence-corrected chi connectivity index (χ4v) is 1.97. The van der Waals surface area contributed by atoms with E-state index in [0.29, 0.717) is 36.2 Å². The summed E-state index contributed by atoms with van der Waals surface area (Å²) in [6.45, 7) is 4.82. The summed E-state index contributed by atoms with van der Waals surface area (Å²) < 4.78 is 16.3. The number of hydrogen-bond donors (Lipinski definition) is 0. The molecule has 0 unspecified atom stereocenters. The summed E-state index contributed by atoms with van der Waals surface area (Å²) >= 11 is 0. The van der Waals surface area contributed by atoms with Gasteiger partial charge in [0, 0.05) is 0 Å². The van der Waals surface area contributed by atoms with Gasteiger partial charge < -0.3 is 14.2 Å². The summed E-state index contributed by atoms with van der Waals surface area (Å²) in [6.07, 6.45) is 0. The molecule has 0 spiro atoms. The van der Waals surface area contributed by atoms with Crippen LogP contribution in [0.15, 0.2) is 48.5 Å². The van der Waals surface area contributed by atoms with Crippen molar-refractivity contribution in [2.45, 2.75) is 20.5 Å². The highest BCUT2D eigenvalue weighted by atomic mass is 16.5. The van der Waals surface area contributed by atoms with Crippen molar-refractivity contribution in [3.05, 3.63) is 59.7 Å². The molecule has 0 heterocycles. The summed E-state index contributed by atoms with van der Waals surface area (Å²) in [5.74, 6) is 1.05. The minimum Gasteiger partial charge on any atom is -0.493 e. The molecule has 0 atom stereocenters. The predicted molar refractivity (Wildman–Crippen MR) is 88.9 cm³/mol. The molecule has 2 aromatic rings. The molecular weight excluding hydrogens is 292 g/mol. The summed E-state index contributed by atoms with van der Waals surface area (Å²) in [5, 5.41) is 0. The first kappa shape index (κ1) is 16.9. The third-order valence-electron chi connectivity index (χ3n) is 3.18. The molecule has 0 aliphatic heterocycles. The van der Waals surface area contributed by atoms with Crippen molar-refractivity contribution in [2.75, 3.05) is 13.7 Å². The zero-order valence-electron chi connectivity index (χ0n) is 13.7. The highest BCUT2D eigenvalue weighted by Crippen LogP contribution is 2.29. The number of hydrogen-bond acceptors (Lipinski definition) is 4. The first-order valence-corrected chi connectivity index (χ1v) is 7.62. The molecule has 122 valence electrons. The van der Waals surface area contributed by atoms with Gasteiger partial charge in [-0.2, -0.15) is 0 Å². The molecule has 23 heavy (non-hydrogen) atoms. The molecule has 0 aliphatic carbocycles. The maximum absolute atomic E-state index is 12.0. The molecule has 0 amide bonds. The van der Waals surface area contributed by atoms with E-state index in [1.165, 1.54) is 0 Å². The van der Waals surface area contributed by atoms with Crippen LogP contribution in [0.1, 0.15) is 29.8 Å². The Balaban J connectivity index is 2.05. The topological polar surface area (TPSA) is 44.8 Å². The fraction of sp³-hybridized carbons (Fsp3) is 0.316. The molecular formula is C19H22O4. The Bertz CT molecular complexity index is 635. The van der Waals surface area contributed by atoms with Gasteiger partial charge in [0.05, 0.1) is 19.3 Å². The Kier molecular flexibility index (Phi) is 6.03. The van der Waals surface area contributed by atoms with Crippen molar-refractivity contribution in [3.8, 4) is 11.5 Å². The Morgan fingerprint density at radius 3 is 2.43 bits per heavy atom. The average molecular weight is 314 g/mol. The zero-order chi connectivity index (χ0) is 16.7. The van der Waals surface area contributed by atoms with Crippen molar-refractivity contribution < 1.29 is 19.0 Å². The van der Waals surface area contributed by atoms with Crippen molar-refractivity contribution in [2.24, 2.45) is 5.92 Å².